The zero-order valence-corrected chi connectivity index (χ0v) is 15.8. The fraction of sp³-hybridized carbons (Fsp3) is 0.647. The van der Waals surface area contributed by atoms with E-state index in [-0.39, 0.29) is 0 Å². The number of rotatable bonds is 3. The van der Waals surface area contributed by atoms with Crippen molar-refractivity contribution in [3.63, 3.8) is 0 Å². The lowest BCUT2D eigenvalue weighted by atomic mass is 9.79. The number of amides is 2. The third-order valence-corrected chi connectivity index (χ3v) is 3.87. The van der Waals surface area contributed by atoms with E-state index in [4.69, 9.17) is 9.47 Å². The molecule has 0 spiro atoms. The van der Waals surface area contributed by atoms with Gasteiger partial charge in [-0.05, 0) is 27.7 Å². The van der Waals surface area contributed by atoms with Crippen LogP contribution in [0.3, 0.4) is 0 Å². The molecule has 0 aromatic heterocycles. The molecule has 0 aromatic carbocycles. The fourth-order valence-corrected chi connectivity index (χ4v) is 2.73. The molecule has 1 fully saturated rings. The molecule has 146 valence electrons. The molecule has 1 aliphatic rings. The minimum Gasteiger partial charge on any atom is -0.468 e. The van der Waals surface area contributed by atoms with Crippen molar-refractivity contribution in [2.75, 3.05) is 14.2 Å². The number of carbonyl (C=O) groups excluding carboxylic acids is 4. The smallest absolute Gasteiger partial charge is 0.468 e. The standard InChI is InChI=1S/C17H25NO8/c1-8-10-11(14(20)23-6)13(19)18(15(21)26-17(3,4)5)9(2)12(10)25-16(22)24-7/h8-12H,1H2,2-7H3/t9-,10+,11+,12-/m0/s1. The maximum Gasteiger partial charge on any atom is 0.508 e. The van der Waals surface area contributed by atoms with Crippen molar-refractivity contribution >= 4 is 24.1 Å². The van der Waals surface area contributed by atoms with Crippen molar-refractivity contribution in [3.8, 4) is 0 Å². The molecule has 0 radical (unpaired) electrons. The normalized spacial score (nSPS) is 25.9. The third-order valence-electron chi connectivity index (χ3n) is 3.87. The number of hydrogen-bond acceptors (Lipinski definition) is 8. The Labute approximate surface area is 152 Å². The topological polar surface area (TPSA) is 108 Å². The molecule has 0 aliphatic carbocycles. The summed E-state index contributed by atoms with van der Waals surface area (Å²) in [5, 5.41) is 0. The summed E-state index contributed by atoms with van der Waals surface area (Å²) >= 11 is 0. The van der Waals surface area contributed by atoms with Crippen LogP contribution in [-0.4, -0.2) is 61.0 Å². The molecule has 1 rings (SSSR count). The largest absolute Gasteiger partial charge is 0.508 e. The van der Waals surface area contributed by atoms with Crippen LogP contribution in [0.15, 0.2) is 12.7 Å². The number of nitrogens with zero attached hydrogens (tertiary/aromatic N) is 1. The lowest BCUT2D eigenvalue weighted by molar-refractivity contribution is -0.166. The van der Waals surface area contributed by atoms with Crippen molar-refractivity contribution in [1.82, 2.24) is 4.90 Å². The maximum atomic E-state index is 12.8. The second-order valence-electron chi connectivity index (χ2n) is 6.78. The zero-order chi connectivity index (χ0) is 20.2. The van der Waals surface area contributed by atoms with Gasteiger partial charge in [-0.25, -0.2) is 14.5 Å². The van der Waals surface area contributed by atoms with Gasteiger partial charge < -0.3 is 18.9 Å². The van der Waals surface area contributed by atoms with E-state index in [9.17, 15) is 19.2 Å². The number of ether oxygens (including phenoxy) is 4. The molecule has 0 unspecified atom stereocenters. The highest BCUT2D eigenvalue weighted by Crippen LogP contribution is 2.34. The molecule has 1 saturated heterocycles. The van der Waals surface area contributed by atoms with Crippen molar-refractivity contribution < 1.29 is 38.1 Å². The van der Waals surface area contributed by atoms with E-state index >= 15 is 0 Å². The summed E-state index contributed by atoms with van der Waals surface area (Å²) in [7, 11) is 2.23. The predicted molar refractivity (Wildman–Crippen MR) is 89.0 cm³/mol. The highest BCUT2D eigenvalue weighted by atomic mass is 16.7. The van der Waals surface area contributed by atoms with Crippen molar-refractivity contribution in [1.29, 1.82) is 0 Å². The summed E-state index contributed by atoms with van der Waals surface area (Å²) in [5.41, 5.74) is -0.869. The number of carbonyl (C=O) groups is 4. The summed E-state index contributed by atoms with van der Waals surface area (Å²) in [6.45, 7) is 10.0. The second-order valence-corrected chi connectivity index (χ2v) is 6.78. The van der Waals surface area contributed by atoms with Gasteiger partial charge in [0.15, 0.2) is 0 Å². The van der Waals surface area contributed by atoms with Gasteiger partial charge in [-0.15, -0.1) is 6.58 Å². The first-order valence-corrected chi connectivity index (χ1v) is 7.99. The lowest BCUT2D eigenvalue weighted by Crippen LogP contribution is -2.63. The van der Waals surface area contributed by atoms with Crippen LogP contribution in [0.1, 0.15) is 27.7 Å². The molecule has 0 aromatic rings. The Morgan fingerprint density at radius 2 is 1.73 bits per heavy atom. The average molecular weight is 371 g/mol. The number of methoxy groups -OCH3 is 2. The van der Waals surface area contributed by atoms with Crippen LogP contribution in [0, 0.1) is 11.8 Å². The summed E-state index contributed by atoms with van der Waals surface area (Å²) in [6, 6.07) is -0.916. The van der Waals surface area contributed by atoms with Crippen molar-refractivity contribution in [2.45, 2.75) is 45.4 Å². The van der Waals surface area contributed by atoms with Gasteiger partial charge in [-0.3, -0.25) is 9.59 Å². The van der Waals surface area contributed by atoms with Gasteiger partial charge in [0.1, 0.15) is 17.6 Å². The monoisotopic (exact) mass is 371 g/mol. The molecule has 4 atom stereocenters. The van der Waals surface area contributed by atoms with E-state index in [1.54, 1.807) is 20.8 Å². The minimum absolute atomic E-state index is 0.764. The van der Waals surface area contributed by atoms with Gasteiger partial charge in [0.2, 0.25) is 5.91 Å². The van der Waals surface area contributed by atoms with E-state index in [0.29, 0.717) is 0 Å². The molecule has 1 aliphatic heterocycles. The van der Waals surface area contributed by atoms with Gasteiger partial charge in [0, 0.05) is 5.92 Å². The second kappa shape index (κ2) is 8.20. The molecule has 9 heteroatoms. The minimum atomic E-state index is -1.41. The first-order valence-electron chi connectivity index (χ1n) is 7.99. The van der Waals surface area contributed by atoms with Crippen molar-refractivity contribution in [2.24, 2.45) is 11.8 Å². The highest BCUT2D eigenvalue weighted by Gasteiger charge is 2.54. The van der Waals surface area contributed by atoms with Crippen LogP contribution in [0.25, 0.3) is 0 Å². The Morgan fingerprint density at radius 1 is 1.15 bits per heavy atom. The van der Waals surface area contributed by atoms with E-state index in [0.717, 1.165) is 19.1 Å². The Balaban J connectivity index is 3.35. The molecule has 0 N–H and O–H groups in total. The van der Waals surface area contributed by atoms with Gasteiger partial charge >= 0.3 is 18.2 Å². The first-order chi connectivity index (χ1) is 12.0. The van der Waals surface area contributed by atoms with Gasteiger partial charge in [-0.1, -0.05) is 6.08 Å². The SMILES string of the molecule is C=C[C@@H]1[C@@H](C(=O)OC)C(=O)N(C(=O)OC(C)(C)C)[C@@H](C)[C@@H]1OC(=O)OC. The third kappa shape index (κ3) is 4.53. The van der Waals surface area contributed by atoms with Crippen LogP contribution < -0.4 is 0 Å². The summed E-state index contributed by atoms with van der Waals surface area (Å²) in [5.74, 6) is -3.99. The van der Waals surface area contributed by atoms with Crippen LogP contribution in [0.4, 0.5) is 9.59 Å². The highest BCUT2D eigenvalue weighted by molar-refractivity contribution is 6.05. The Bertz CT molecular complexity index is 594. The molecular weight excluding hydrogens is 346 g/mol. The quantitative estimate of drug-likeness (QED) is 0.320. The maximum absolute atomic E-state index is 12.8. The van der Waals surface area contributed by atoms with Crippen LogP contribution in [0.2, 0.25) is 0 Å². The van der Waals surface area contributed by atoms with E-state index in [2.05, 4.69) is 16.1 Å². The average Bonchev–Trinajstić information content (AvgIpc) is 2.54. The summed E-state index contributed by atoms with van der Waals surface area (Å²) in [4.78, 5) is 49.9. The molecule has 26 heavy (non-hydrogen) atoms. The van der Waals surface area contributed by atoms with Gasteiger partial charge in [0.25, 0.3) is 0 Å². The predicted octanol–water partition coefficient (Wildman–Crippen LogP) is 1.90. The summed E-state index contributed by atoms with van der Waals surface area (Å²) in [6.07, 6.45) is -1.72. The van der Waals surface area contributed by atoms with E-state index in [1.165, 1.54) is 13.0 Å². The number of imide groups is 1. The zero-order valence-electron chi connectivity index (χ0n) is 15.8. The first kappa shape index (κ1) is 21.5. The van der Waals surface area contributed by atoms with Gasteiger partial charge in [0.05, 0.1) is 20.3 Å². The fourth-order valence-electron chi connectivity index (χ4n) is 2.73. The molecule has 0 saturated carbocycles. The number of piperidine rings is 1. The molecule has 9 nitrogen and oxygen atoms in total. The van der Waals surface area contributed by atoms with Gasteiger partial charge in [-0.2, -0.15) is 0 Å². The Kier molecular flexibility index (Phi) is 6.77. The Hall–Kier alpha value is -2.58. The van der Waals surface area contributed by atoms with E-state index < -0.39 is 53.7 Å². The number of likely N-dealkylation sites (tertiary alicyclic amines) is 1. The van der Waals surface area contributed by atoms with Crippen LogP contribution in [0.5, 0.6) is 0 Å². The summed E-state index contributed by atoms with van der Waals surface area (Å²) < 4.78 is 19.6. The molecular formula is C17H25NO8. The molecule has 2 amide bonds. The van der Waals surface area contributed by atoms with Crippen LogP contribution in [-0.2, 0) is 28.5 Å². The van der Waals surface area contributed by atoms with Crippen molar-refractivity contribution in [3.05, 3.63) is 12.7 Å². The van der Waals surface area contributed by atoms with Crippen LogP contribution >= 0.6 is 0 Å². The number of hydrogen-bond donors (Lipinski definition) is 0. The van der Waals surface area contributed by atoms with E-state index in [1.807, 2.05) is 0 Å². The molecule has 0 bridgehead atoms. The Morgan fingerprint density at radius 3 is 2.15 bits per heavy atom. The number of esters is 1. The lowest BCUT2D eigenvalue weighted by Gasteiger charge is -2.43. The molecule has 1 heterocycles.